The minimum atomic E-state index is -1.22. The zero-order valence-electron chi connectivity index (χ0n) is 20.2. The molecule has 0 unspecified atom stereocenters. The van der Waals surface area contributed by atoms with Gasteiger partial charge in [-0.05, 0) is 24.3 Å². The lowest BCUT2D eigenvalue weighted by Crippen LogP contribution is -2.63. The SMILES string of the molecule is CC(=O)OC[C@H]1O[C@@H](OCCSCCCCCCS)[C@H](OC(C)=O)[C@@H](OC(C)=O)[C@H]1OC(C)=O. The number of hydrogen-bond acceptors (Lipinski definition) is 12. The monoisotopic (exact) mass is 524 g/mol. The fourth-order valence-corrected chi connectivity index (χ4v) is 4.37. The first-order chi connectivity index (χ1) is 16.1. The fourth-order valence-electron chi connectivity index (χ4n) is 3.32. The molecule has 10 nitrogen and oxygen atoms in total. The number of hydrogen-bond donors (Lipinski definition) is 1. The van der Waals surface area contributed by atoms with Crippen LogP contribution >= 0.6 is 24.4 Å². The summed E-state index contributed by atoms with van der Waals surface area (Å²) in [6, 6.07) is 0. The third-order valence-electron chi connectivity index (χ3n) is 4.65. The van der Waals surface area contributed by atoms with Crippen molar-refractivity contribution in [3.8, 4) is 0 Å². The van der Waals surface area contributed by atoms with Crippen LogP contribution in [0, 0.1) is 0 Å². The summed E-state index contributed by atoms with van der Waals surface area (Å²) < 4.78 is 32.8. The summed E-state index contributed by atoms with van der Waals surface area (Å²) in [5, 5.41) is 0. The molecule has 0 aromatic rings. The molecule has 1 fully saturated rings. The van der Waals surface area contributed by atoms with E-state index in [1.165, 1.54) is 27.7 Å². The Bertz CT molecular complexity index is 660. The average Bonchev–Trinajstić information content (AvgIpc) is 2.74. The molecule has 0 N–H and O–H groups in total. The van der Waals surface area contributed by atoms with E-state index in [1.807, 2.05) is 0 Å². The predicted molar refractivity (Wildman–Crippen MR) is 128 cm³/mol. The van der Waals surface area contributed by atoms with Crippen LogP contribution in [0.15, 0.2) is 0 Å². The van der Waals surface area contributed by atoms with Crippen molar-refractivity contribution in [3.63, 3.8) is 0 Å². The summed E-state index contributed by atoms with van der Waals surface area (Å²) in [6.07, 6.45) is -1.22. The standard InChI is InChI=1S/C22H36O10S2/c1-14(23)28-13-18-19(29-15(2)24)20(30-16(3)25)21(31-17(4)26)22(32-18)27-9-12-34-11-8-6-5-7-10-33/h18-22,33H,5-13H2,1-4H3/t18-,19+,20+,21-,22-/m1/s1. The minimum absolute atomic E-state index is 0.273. The molecule has 0 amide bonds. The van der Waals surface area contributed by atoms with Crippen LogP contribution in [0.2, 0.25) is 0 Å². The Labute approximate surface area is 210 Å². The topological polar surface area (TPSA) is 124 Å². The molecule has 1 aliphatic rings. The van der Waals surface area contributed by atoms with Crippen molar-refractivity contribution in [1.29, 1.82) is 0 Å². The summed E-state index contributed by atoms with van der Waals surface area (Å²) in [7, 11) is 0. The normalized spacial score (nSPS) is 24.2. The van der Waals surface area contributed by atoms with Crippen molar-refractivity contribution in [2.75, 3.05) is 30.5 Å². The third-order valence-corrected chi connectivity index (χ3v) is 6.00. The molecule has 0 bridgehead atoms. The number of carbonyl (C=O) groups excluding carboxylic acids is 4. The van der Waals surface area contributed by atoms with E-state index in [-0.39, 0.29) is 13.2 Å². The first-order valence-corrected chi connectivity index (χ1v) is 13.0. The van der Waals surface area contributed by atoms with Crippen LogP contribution in [0.4, 0.5) is 0 Å². The van der Waals surface area contributed by atoms with E-state index in [0.717, 1.165) is 37.2 Å². The maximum atomic E-state index is 11.8. The Morgan fingerprint density at radius 3 is 1.94 bits per heavy atom. The molecule has 0 spiro atoms. The maximum Gasteiger partial charge on any atom is 0.303 e. The van der Waals surface area contributed by atoms with Crippen LogP contribution in [0.5, 0.6) is 0 Å². The van der Waals surface area contributed by atoms with Crippen LogP contribution in [0.3, 0.4) is 0 Å². The molecule has 5 atom stereocenters. The predicted octanol–water partition coefficient (Wildman–Crippen LogP) is 2.31. The van der Waals surface area contributed by atoms with E-state index in [0.29, 0.717) is 5.75 Å². The quantitative estimate of drug-likeness (QED) is 0.147. The second-order valence-corrected chi connectivity index (χ2v) is 9.36. The number of unbranched alkanes of at least 4 members (excludes halogenated alkanes) is 3. The zero-order chi connectivity index (χ0) is 25.5. The van der Waals surface area contributed by atoms with E-state index in [1.54, 1.807) is 11.8 Å². The van der Waals surface area contributed by atoms with Gasteiger partial charge < -0.3 is 28.4 Å². The molecule has 0 aromatic heterocycles. The van der Waals surface area contributed by atoms with Gasteiger partial charge in [0.1, 0.15) is 12.7 Å². The second-order valence-electron chi connectivity index (χ2n) is 7.69. The van der Waals surface area contributed by atoms with E-state index in [4.69, 9.17) is 28.4 Å². The van der Waals surface area contributed by atoms with E-state index < -0.39 is 54.6 Å². The van der Waals surface area contributed by atoms with Gasteiger partial charge in [0.15, 0.2) is 24.6 Å². The molecule has 1 heterocycles. The highest BCUT2D eigenvalue weighted by molar-refractivity contribution is 7.99. The highest BCUT2D eigenvalue weighted by atomic mass is 32.2. The van der Waals surface area contributed by atoms with E-state index in [9.17, 15) is 19.2 Å². The van der Waals surface area contributed by atoms with Gasteiger partial charge in [-0.25, -0.2) is 0 Å². The van der Waals surface area contributed by atoms with Crippen LogP contribution in [0.25, 0.3) is 0 Å². The highest BCUT2D eigenvalue weighted by Crippen LogP contribution is 2.30. The van der Waals surface area contributed by atoms with Gasteiger partial charge in [0, 0.05) is 33.4 Å². The van der Waals surface area contributed by atoms with Crippen LogP contribution in [-0.2, 0) is 47.6 Å². The lowest BCUT2D eigenvalue weighted by molar-refractivity contribution is -0.307. The Morgan fingerprint density at radius 1 is 0.765 bits per heavy atom. The molecule has 196 valence electrons. The first kappa shape index (κ1) is 30.5. The lowest BCUT2D eigenvalue weighted by atomic mass is 9.98. The van der Waals surface area contributed by atoms with Crippen LogP contribution in [-0.4, -0.2) is 85.1 Å². The fraction of sp³-hybridized carbons (Fsp3) is 0.818. The van der Waals surface area contributed by atoms with Crippen molar-refractivity contribution in [2.45, 2.75) is 84.1 Å². The van der Waals surface area contributed by atoms with Gasteiger partial charge in [0.25, 0.3) is 0 Å². The van der Waals surface area contributed by atoms with Crippen LogP contribution < -0.4 is 0 Å². The van der Waals surface area contributed by atoms with Crippen molar-refractivity contribution < 1.29 is 47.6 Å². The summed E-state index contributed by atoms with van der Waals surface area (Å²) in [6.45, 7) is 4.76. The highest BCUT2D eigenvalue weighted by Gasteiger charge is 2.52. The third kappa shape index (κ3) is 12.3. The van der Waals surface area contributed by atoms with Gasteiger partial charge in [0.05, 0.1) is 6.61 Å². The molecule has 1 saturated heterocycles. The van der Waals surface area contributed by atoms with Crippen molar-refractivity contribution in [2.24, 2.45) is 0 Å². The minimum Gasteiger partial charge on any atom is -0.463 e. The number of thiol groups is 1. The Balaban J connectivity index is 2.89. The van der Waals surface area contributed by atoms with E-state index >= 15 is 0 Å². The first-order valence-electron chi connectivity index (χ1n) is 11.3. The molecule has 34 heavy (non-hydrogen) atoms. The molecule has 0 aliphatic carbocycles. The van der Waals surface area contributed by atoms with Crippen molar-refractivity contribution in [3.05, 3.63) is 0 Å². The summed E-state index contributed by atoms with van der Waals surface area (Å²) in [4.78, 5) is 46.6. The summed E-state index contributed by atoms with van der Waals surface area (Å²) >= 11 is 5.92. The number of esters is 4. The zero-order valence-corrected chi connectivity index (χ0v) is 21.9. The number of rotatable bonds is 15. The lowest BCUT2D eigenvalue weighted by Gasteiger charge is -2.44. The van der Waals surface area contributed by atoms with Crippen molar-refractivity contribution in [1.82, 2.24) is 0 Å². The number of thioether (sulfide) groups is 1. The summed E-state index contributed by atoms with van der Waals surface area (Å²) in [5.41, 5.74) is 0. The van der Waals surface area contributed by atoms with Gasteiger partial charge in [-0.15, -0.1) is 0 Å². The Kier molecular flexibility index (Phi) is 15.3. The average molecular weight is 525 g/mol. The Hall–Kier alpha value is -1.50. The maximum absolute atomic E-state index is 11.8. The molecular formula is C22H36O10S2. The number of ether oxygens (including phenoxy) is 6. The molecule has 12 heteroatoms. The van der Waals surface area contributed by atoms with Gasteiger partial charge >= 0.3 is 23.9 Å². The van der Waals surface area contributed by atoms with Gasteiger partial charge in [-0.3, -0.25) is 19.2 Å². The molecule has 1 aliphatic heterocycles. The van der Waals surface area contributed by atoms with Gasteiger partial charge in [-0.1, -0.05) is 12.8 Å². The van der Waals surface area contributed by atoms with Crippen LogP contribution in [0.1, 0.15) is 53.4 Å². The largest absolute Gasteiger partial charge is 0.463 e. The molecule has 0 saturated carbocycles. The molecular weight excluding hydrogens is 488 g/mol. The Morgan fingerprint density at radius 2 is 1.35 bits per heavy atom. The smallest absolute Gasteiger partial charge is 0.303 e. The number of carbonyl (C=O) groups is 4. The van der Waals surface area contributed by atoms with Gasteiger partial charge in [0.2, 0.25) is 0 Å². The van der Waals surface area contributed by atoms with Crippen molar-refractivity contribution >= 4 is 48.3 Å². The molecule has 0 radical (unpaired) electrons. The molecule has 1 rings (SSSR count). The summed E-state index contributed by atoms with van der Waals surface area (Å²) in [5.74, 6) is -0.0373. The molecule has 0 aromatic carbocycles. The van der Waals surface area contributed by atoms with E-state index in [2.05, 4.69) is 12.6 Å². The van der Waals surface area contributed by atoms with Gasteiger partial charge in [-0.2, -0.15) is 24.4 Å². The second kappa shape index (κ2) is 17.0.